The van der Waals surface area contributed by atoms with Crippen LogP contribution in [0.3, 0.4) is 0 Å². The van der Waals surface area contributed by atoms with Gasteiger partial charge in [0.05, 0.1) is 4.83 Å². The maximum absolute atomic E-state index is 11.7. The third kappa shape index (κ3) is 2.23. The zero-order valence-electron chi connectivity index (χ0n) is 8.74. The smallest absolute Gasteiger partial charge is 0.236 e. The zero-order valence-corrected chi connectivity index (χ0v) is 10.3. The summed E-state index contributed by atoms with van der Waals surface area (Å²) in [6.07, 6.45) is 0.921. The Labute approximate surface area is 98.4 Å². The van der Waals surface area contributed by atoms with Crippen LogP contribution in [-0.4, -0.2) is 22.2 Å². The van der Waals surface area contributed by atoms with Crippen LogP contribution in [0.25, 0.3) is 0 Å². The first kappa shape index (κ1) is 10.7. The highest BCUT2D eigenvalue weighted by atomic mass is 79.9. The van der Waals surface area contributed by atoms with Gasteiger partial charge in [-0.2, -0.15) is 0 Å². The molecule has 0 N–H and O–H groups in total. The third-order valence-corrected chi connectivity index (χ3v) is 3.70. The first-order chi connectivity index (χ1) is 7.18. The van der Waals surface area contributed by atoms with Crippen molar-refractivity contribution in [3.63, 3.8) is 0 Å². The molecule has 0 bridgehead atoms. The van der Waals surface area contributed by atoms with Gasteiger partial charge in [0.1, 0.15) is 0 Å². The van der Waals surface area contributed by atoms with Gasteiger partial charge in [0.2, 0.25) is 5.91 Å². The minimum atomic E-state index is 0.0292. The van der Waals surface area contributed by atoms with Crippen molar-refractivity contribution in [3.8, 4) is 0 Å². The molecule has 0 radical (unpaired) electrons. The second kappa shape index (κ2) is 4.35. The molecule has 1 atom stereocenters. The number of benzene rings is 1. The number of likely N-dealkylation sites (tertiary alicyclic amines) is 1. The van der Waals surface area contributed by atoms with Gasteiger partial charge in [0, 0.05) is 13.1 Å². The summed E-state index contributed by atoms with van der Waals surface area (Å²) in [6, 6.07) is 8.22. The molecule has 1 aliphatic heterocycles. The maximum atomic E-state index is 11.7. The van der Waals surface area contributed by atoms with Crippen LogP contribution in [0.4, 0.5) is 0 Å². The summed E-state index contributed by atoms with van der Waals surface area (Å²) in [5, 5.41) is 0. The lowest BCUT2D eigenvalue weighted by molar-refractivity contribution is -0.127. The van der Waals surface area contributed by atoms with Crippen molar-refractivity contribution in [1.29, 1.82) is 0 Å². The SMILES string of the molecule is Cc1ccccc1CN1CCC(Br)C1=O. The monoisotopic (exact) mass is 267 g/mol. The summed E-state index contributed by atoms with van der Waals surface area (Å²) in [6.45, 7) is 3.69. The quantitative estimate of drug-likeness (QED) is 0.755. The van der Waals surface area contributed by atoms with E-state index in [0.717, 1.165) is 19.5 Å². The maximum Gasteiger partial charge on any atom is 0.236 e. The molecule has 2 rings (SSSR count). The number of hydrogen-bond acceptors (Lipinski definition) is 1. The summed E-state index contributed by atoms with van der Waals surface area (Å²) in [4.78, 5) is 13.6. The highest BCUT2D eigenvalue weighted by Crippen LogP contribution is 2.21. The van der Waals surface area contributed by atoms with E-state index >= 15 is 0 Å². The van der Waals surface area contributed by atoms with Crippen LogP contribution in [0.15, 0.2) is 24.3 Å². The molecule has 1 unspecified atom stereocenters. The lowest BCUT2D eigenvalue weighted by Crippen LogP contribution is -2.27. The average Bonchev–Trinajstić information content (AvgIpc) is 2.53. The van der Waals surface area contributed by atoms with E-state index in [4.69, 9.17) is 0 Å². The van der Waals surface area contributed by atoms with Gasteiger partial charge in [-0.25, -0.2) is 0 Å². The van der Waals surface area contributed by atoms with Crippen LogP contribution in [0, 0.1) is 6.92 Å². The van der Waals surface area contributed by atoms with Gasteiger partial charge < -0.3 is 4.90 Å². The van der Waals surface area contributed by atoms with E-state index in [1.165, 1.54) is 11.1 Å². The molecule has 1 fully saturated rings. The number of halogens is 1. The predicted molar refractivity (Wildman–Crippen MR) is 63.9 cm³/mol. The van der Waals surface area contributed by atoms with E-state index in [9.17, 15) is 4.79 Å². The lowest BCUT2D eigenvalue weighted by atomic mass is 10.1. The number of carbonyl (C=O) groups excluding carboxylic acids is 1. The molecule has 1 aliphatic rings. The summed E-state index contributed by atoms with van der Waals surface area (Å²) < 4.78 is 0. The first-order valence-corrected chi connectivity index (χ1v) is 6.07. The molecule has 1 saturated heterocycles. The van der Waals surface area contributed by atoms with Crippen LogP contribution in [-0.2, 0) is 11.3 Å². The lowest BCUT2D eigenvalue weighted by Gasteiger charge is -2.17. The van der Waals surface area contributed by atoms with Gasteiger partial charge in [0.15, 0.2) is 0 Å². The fourth-order valence-corrected chi connectivity index (χ4v) is 2.35. The first-order valence-electron chi connectivity index (χ1n) is 5.16. The van der Waals surface area contributed by atoms with Gasteiger partial charge in [-0.15, -0.1) is 0 Å². The van der Waals surface area contributed by atoms with E-state index in [2.05, 4.69) is 35.0 Å². The van der Waals surface area contributed by atoms with Gasteiger partial charge >= 0.3 is 0 Å². The Morgan fingerprint density at radius 1 is 1.47 bits per heavy atom. The van der Waals surface area contributed by atoms with Gasteiger partial charge in [0.25, 0.3) is 0 Å². The van der Waals surface area contributed by atoms with Crippen molar-refractivity contribution in [2.75, 3.05) is 6.54 Å². The molecular formula is C12H14BrNO. The number of alkyl halides is 1. The molecule has 15 heavy (non-hydrogen) atoms. The standard InChI is InChI=1S/C12H14BrNO/c1-9-4-2-3-5-10(9)8-14-7-6-11(13)12(14)15/h2-5,11H,6-8H2,1H3. The van der Waals surface area contributed by atoms with Gasteiger partial charge in [-0.1, -0.05) is 40.2 Å². The van der Waals surface area contributed by atoms with Gasteiger partial charge in [-0.05, 0) is 24.5 Å². The highest BCUT2D eigenvalue weighted by molar-refractivity contribution is 9.10. The molecule has 0 aromatic heterocycles. The van der Waals surface area contributed by atoms with E-state index in [0.29, 0.717) is 0 Å². The minimum Gasteiger partial charge on any atom is -0.337 e. The Bertz CT molecular complexity index is 378. The average molecular weight is 268 g/mol. The molecule has 3 heteroatoms. The summed E-state index contributed by atoms with van der Waals surface area (Å²) >= 11 is 3.38. The number of carbonyl (C=O) groups is 1. The molecular weight excluding hydrogens is 254 g/mol. The number of amides is 1. The van der Waals surface area contributed by atoms with Crippen LogP contribution in [0.2, 0.25) is 0 Å². The molecule has 0 aliphatic carbocycles. The van der Waals surface area contributed by atoms with Crippen molar-refractivity contribution in [3.05, 3.63) is 35.4 Å². The molecule has 1 aromatic rings. The fourth-order valence-electron chi connectivity index (χ4n) is 1.85. The summed E-state index contributed by atoms with van der Waals surface area (Å²) in [5.74, 6) is 0.221. The van der Waals surface area contributed by atoms with Crippen molar-refractivity contribution in [1.82, 2.24) is 4.90 Å². The van der Waals surface area contributed by atoms with Crippen molar-refractivity contribution in [2.45, 2.75) is 24.7 Å². The fraction of sp³-hybridized carbons (Fsp3) is 0.417. The summed E-state index contributed by atoms with van der Waals surface area (Å²) in [7, 11) is 0. The Kier molecular flexibility index (Phi) is 3.10. The Balaban J connectivity index is 2.10. The van der Waals surface area contributed by atoms with Crippen LogP contribution in [0.5, 0.6) is 0 Å². The van der Waals surface area contributed by atoms with Crippen molar-refractivity contribution < 1.29 is 4.79 Å². The zero-order chi connectivity index (χ0) is 10.8. The molecule has 1 heterocycles. The second-order valence-corrected chi connectivity index (χ2v) is 5.05. The molecule has 1 aromatic carbocycles. The topological polar surface area (TPSA) is 20.3 Å². The normalized spacial score (nSPS) is 21.1. The second-order valence-electron chi connectivity index (χ2n) is 3.94. The number of aryl methyl sites for hydroxylation is 1. The van der Waals surface area contributed by atoms with Gasteiger partial charge in [-0.3, -0.25) is 4.79 Å². The molecule has 0 spiro atoms. The number of rotatable bonds is 2. The van der Waals surface area contributed by atoms with E-state index in [-0.39, 0.29) is 10.7 Å². The molecule has 80 valence electrons. The summed E-state index contributed by atoms with van der Waals surface area (Å²) in [5.41, 5.74) is 2.50. The van der Waals surface area contributed by atoms with Crippen LogP contribution in [0.1, 0.15) is 17.5 Å². The third-order valence-electron chi connectivity index (χ3n) is 2.85. The van der Waals surface area contributed by atoms with E-state index < -0.39 is 0 Å². The van der Waals surface area contributed by atoms with Crippen molar-refractivity contribution in [2.24, 2.45) is 0 Å². The predicted octanol–water partition coefficient (Wildman–Crippen LogP) is 2.49. The Morgan fingerprint density at radius 3 is 2.80 bits per heavy atom. The van der Waals surface area contributed by atoms with E-state index in [1.807, 2.05) is 17.0 Å². The molecule has 1 amide bonds. The largest absolute Gasteiger partial charge is 0.337 e. The van der Waals surface area contributed by atoms with Crippen LogP contribution < -0.4 is 0 Å². The molecule has 0 saturated carbocycles. The Hall–Kier alpha value is -0.830. The van der Waals surface area contributed by atoms with Crippen LogP contribution >= 0.6 is 15.9 Å². The van der Waals surface area contributed by atoms with E-state index in [1.54, 1.807) is 0 Å². The number of nitrogens with zero attached hydrogens (tertiary/aromatic N) is 1. The highest BCUT2D eigenvalue weighted by Gasteiger charge is 2.29. The number of hydrogen-bond donors (Lipinski definition) is 0. The molecule has 2 nitrogen and oxygen atoms in total. The Morgan fingerprint density at radius 2 is 2.20 bits per heavy atom. The minimum absolute atomic E-state index is 0.0292. The van der Waals surface area contributed by atoms with Crippen molar-refractivity contribution >= 4 is 21.8 Å².